The quantitative estimate of drug-likeness (QED) is 0.702. The molecule has 140 valence electrons. The number of nitrogens with zero attached hydrogens (tertiary/aromatic N) is 4. The molecule has 0 spiro atoms. The van der Waals surface area contributed by atoms with Gasteiger partial charge in [0.2, 0.25) is 11.7 Å². The van der Waals surface area contributed by atoms with Crippen LogP contribution in [0, 0.1) is 19.7 Å². The monoisotopic (exact) mass is 366 g/mol. The maximum atomic E-state index is 13.0. The molecule has 4 rings (SSSR count). The third-order valence-electron chi connectivity index (χ3n) is 5.22. The Morgan fingerprint density at radius 2 is 1.74 bits per heavy atom. The van der Waals surface area contributed by atoms with Crippen LogP contribution in [0.5, 0.6) is 0 Å². The Labute approximate surface area is 158 Å². The van der Waals surface area contributed by atoms with Gasteiger partial charge in [-0.05, 0) is 55.3 Å². The lowest BCUT2D eigenvalue weighted by Crippen LogP contribution is -2.46. The van der Waals surface area contributed by atoms with Gasteiger partial charge in [-0.1, -0.05) is 17.3 Å². The van der Waals surface area contributed by atoms with Crippen molar-refractivity contribution in [2.45, 2.75) is 20.4 Å². The minimum atomic E-state index is -0.274. The summed E-state index contributed by atoms with van der Waals surface area (Å²) >= 11 is 0. The Kier molecular flexibility index (Phi) is 4.90. The maximum absolute atomic E-state index is 13.0. The van der Waals surface area contributed by atoms with Crippen LogP contribution in [-0.2, 0) is 6.54 Å². The molecule has 1 aromatic heterocycles. The van der Waals surface area contributed by atoms with Crippen LogP contribution >= 0.6 is 0 Å². The van der Waals surface area contributed by atoms with E-state index in [2.05, 4.69) is 52.0 Å². The zero-order valence-corrected chi connectivity index (χ0v) is 15.7. The molecule has 1 aliphatic heterocycles. The molecule has 6 heteroatoms. The standard InChI is InChI=1S/C21H23FN4O/c1-15-4-3-5-19(16(15)2)26-12-10-25(11-13-26)14-20-23-21(24-27-20)17-6-8-18(22)9-7-17/h3-9H,10-14H2,1-2H3. The molecule has 1 aliphatic rings. The maximum Gasteiger partial charge on any atom is 0.241 e. The Bertz CT molecular complexity index is 914. The number of benzene rings is 2. The number of halogens is 1. The largest absolute Gasteiger partial charge is 0.369 e. The minimum Gasteiger partial charge on any atom is -0.369 e. The predicted molar refractivity (Wildman–Crippen MR) is 103 cm³/mol. The Balaban J connectivity index is 1.37. The third kappa shape index (κ3) is 3.85. The summed E-state index contributed by atoms with van der Waals surface area (Å²) in [7, 11) is 0. The van der Waals surface area contributed by atoms with E-state index in [0.717, 1.165) is 31.7 Å². The molecule has 3 aromatic rings. The summed E-state index contributed by atoms with van der Waals surface area (Å²) in [6, 6.07) is 12.6. The molecule has 27 heavy (non-hydrogen) atoms. The molecule has 0 amide bonds. The molecule has 2 aromatic carbocycles. The molecule has 0 bridgehead atoms. The van der Waals surface area contributed by atoms with Gasteiger partial charge in [0.25, 0.3) is 0 Å². The van der Waals surface area contributed by atoms with Crippen molar-refractivity contribution in [1.29, 1.82) is 0 Å². The highest BCUT2D eigenvalue weighted by molar-refractivity contribution is 5.56. The van der Waals surface area contributed by atoms with E-state index in [1.165, 1.54) is 28.9 Å². The SMILES string of the molecule is Cc1cccc(N2CCN(Cc3nc(-c4ccc(F)cc4)no3)CC2)c1C. The van der Waals surface area contributed by atoms with Crippen molar-refractivity contribution in [1.82, 2.24) is 15.0 Å². The van der Waals surface area contributed by atoms with Crippen molar-refractivity contribution in [3.8, 4) is 11.4 Å². The van der Waals surface area contributed by atoms with E-state index < -0.39 is 0 Å². The van der Waals surface area contributed by atoms with Crippen LogP contribution < -0.4 is 4.90 Å². The van der Waals surface area contributed by atoms with Crippen LogP contribution in [0.2, 0.25) is 0 Å². The van der Waals surface area contributed by atoms with Crippen LogP contribution in [0.1, 0.15) is 17.0 Å². The molecule has 0 radical (unpaired) electrons. The van der Waals surface area contributed by atoms with Crippen LogP contribution in [-0.4, -0.2) is 41.2 Å². The fraction of sp³-hybridized carbons (Fsp3) is 0.333. The Morgan fingerprint density at radius 3 is 2.48 bits per heavy atom. The first kappa shape index (κ1) is 17.7. The summed E-state index contributed by atoms with van der Waals surface area (Å²) in [5.74, 6) is 0.817. The average Bonchev–Trinajstić information content (AvgIpc) is 3.14. The van der Waals surface area contributed by atoms with Gasteiger partial charge in [0.05, 0.1) is 6.54 Å². The van der Waals surface area contributed by atoms with Gasteiger partial charge in [-0.15, -0.1) is 0 Å². The molecule has 0 atom stereocenters. The van der Waals surface area contributed by atoms with E-state index in [-0.39, 0.29) is 5.82 Å². The smallest absolute Gasteiger partial charge is 0.241 e. The number of aryl methyl sites for hydroxylation is 1. The molecular weight excluding hydrogens is 343 g/mol. The second-order valence-corrected chi connectivity index (χ2v) is 7.00. The first-order chi connectivity index (χ1) is 13.1. The molecule has 0 aliphatic carbocycles. The number of piperazine rings is 1. The van der Waals surface area contributed by atoms with Crippen LogP contribution in [0.3, 0.4) is 0 Å². The summed E-state index contributed by atoms with van der Waals surface area (Å²) in [6.45, 7) is 8.82. The van der Waals surface area contributed by atoms with E-state index in [0.29, 0.717) is 18.3 Å². The second kappa shape index (κ2) is 7.48. The first-order valence-corrected chi connectivity index (χ1v) is 9.22. The lowest BCUT2D eigenvalue weighted by molar-refractivity contribution is 0.215. The van der Waals surface area contributed by atoms with Crippen LogP contribution in [0.4, 0.5) is 10.1 Å². The molecule has 2 heterocycles. The summed E-state index contributed by atoms with van der Waals surface area (Å²) in [5, 5.41) is 4.02. The van der Waals surface area contributed by atoms with E-state index in [1.807, 2.05) is 0 Å². The van der Waals surface area contributed by atoms with Crippen LogP contribution in [0.15, 0.2) is 47.0 Å². The minimum absolute atomic E-state index is 0.274. The number of hydrogen-bond acceptors (Lipinski definition) is 5. The van der Waals surface area contributed by atoms with Gasteiger partial charge in [-0.25, -0.2) is 4.39 Å². The zero-order valence-electron chi connectivity index (χ0n) is 15.7. The summed E-state index contributed by atoms with van der Waals surface area (Å²) in [4.78, 5) is 9.22. The van der Waals surface area contributed by atoms with Crippen molar-refractivity contribution in [2.24, 2.45) is 0 Å². The third-order valence-corrected chi connectivity index (χ3v) is 5.22. The van der Waals surface area contributed by atoms with Gasteiger partial charge in [0.15, 0.2) is 0 Å². The Hall–Kier alpha value is -2.73. The topological polar surface area (TPSA) is 45.4 Å². The van der Waals surface area contributed by atoms with Crippen molar-refractivity contribution in [2.75, 3.05) is 31.1 Å². The van der Waals surface area contributed by atoms with Gasteiger partial charge in [0, 0.05) is 37.4 Å². The summed E-state index contributed by atoms with van der Waals surface area (Å²) < 4.78 is 18.4. The second-order valence-electron chi connectivity index (χ2n) is 7.00. The lowest BCUT2D eigenvalue weighted by Gasteiger charge is -2.36. The molecule has 1 fully saturated rings. The highest BCUT2D eigenvalue weighted by atomic mass is 19.1. The summed E-state index contributed by atoms with van der Waals surface area (Å²) in [5.41, 5.74) is 4.76. The highest BCUT2D eigenvalue weighted by Gasteiger charge is 2.21. The zero-order chi connectivity index (χ0) is 18.8. The van der Waals surface area contributed by atoms with Crippen molar-refractivity contribution in [3.05, 3.63) is 65.3 Å². The molecular formula is C21H23FN4O. The van der Waals surface area contributed by atoms with Crippen molar-refractivity contribution in [3.63, 3.8) is 0 Å². The van der Waals surface area contributed by atoms with Gasteiger partial charge >= 0.3 is 0 Å². The molecule has 0 saturated carbocycles. The van der Waals surface area contributed by atoms with Crippen LogP contribution in [0.25, 0.3) is 11.4 Å². The van der Waals surface area contributed by atoms with Gasteiger partial charge in [-0.3, -0.25) is 4.90 Å². The molecule has 5 nitrogen and oxygen atoms in total. The highest BCUT2D eigenvalue weighted by Crippen LogP contribution is 2.24. The van der Waals surface area contributed by atoms with E-state index >= 15 is 0 Å². The number of rotatable bonds is 4. The Morgan fingerprint density at radius 1 is 1.00 bits per heavy atom. The van der Waals surface area contributed by atoms with E-state index in [1.54, 1.807) is 12.1 Å². The summed E-state index contributed by atoms with van der Waals surface area (Å²) in [6.07, 6.45) is 0. The first-order valence-electron chi connectivity index (χ1n) is 9.22. The fourth-order valence-corrected chi connectivity index (χ4v) is 3.45. The number of anilines is 1. The fourth-order valence-electron chi connectivity index (χ4n) is 3.45. The number of aromatic nitrogens is 2. The molecule has 0 N–H and O–H groups in total. The van der Waals surface area contributed by atoms with Gasteiger partial charge < -0.3 is 9.42 Å². The number of hydrogen-bond donors (Lipinski definition) is 0. The van der Waals surface area contributed by atoms with Crippen molar-refractivity contribution < 1.29 is 8.91 Å². The average molecular weight is 366 g/mol. The predicted octanol–water partition coefficient (Wildman–Crippen LogP) is 3.81. The molecule has 0 unspecified atom stereocenters. The van der Waals surface area contributed by atoms with E-state index in [9.17, 15) is 4.39 Å². The van der Waals surface area contributed by atoms with Crippen molar-refractivity contribution >= 4 is 5.69 Å². The normalized spacial score (nSPS) is 15.3. The van der Waals surface area contributed by atoms with E-state index in [4.69, 9.17) is 4.52 Å². The van der Waals surface area contributed by atoms with Gasteiger partial charge in [-0.2, -0.15) is 4.98 Å². The molecule has 1 saturated heterocycles. The van der Waals surface area contributed by atoms with Gasteiger partial charge in [0.1, 0.15) is 5.82 Å². The lowest BCUT2D eigenvalue weighted by atomic mass is 10.1.